The molecule has 5 nitrogen and oxygen atoms in total. The number of nitrogens with one attached hydrogen (secondary N) is 1. The maximum atomic E-state index is 12.4. The number of rotatable bonds is 6. The third kappa shape index (κ3) is 5.15. The summed E-state index contributed by atoms with van der Waals surface area (Å²) in [6.45, 7) is 9.11. The van der Waals surface area contributed by atoms with E-state index in [-0.39, 0.29) is 12.5 Å². The van der Waals surface area contributed by atoms with Crippen LogP contribution >= 0.6 is 11.6 Å². The third-order valence-electron chi connectivity index (χ3n) is 4.78. The first-order chi connectivity index (χ1) is 13.1. The van der Waals surface area contributed by atoms with Crippen molar-refractivity contribution in [2.24, 2.45) is 0 Å². The van der Waals surface area contributed by atoms with Crippen molar-refractivity contribution >= 4 is 28.9 Å². The number of piperazine rings is 1. The highest BCUT2D eigenvalue weighted by Crippen LogP contribution is 2.27. The van der Waals surface area contributed by atoms with Crippen molar-refractivity contribution in [3.05, 3.63) is 53.1 Å². The lowest BCUT2D eigenvalue weighted by molar-refractivity contribution is -0.118. The smallest absolute Gasteiger partial charge is 0.262 e. The molecule has 1 N–H and O–H groups in total. The molecule has 1 aliphatic rings. The summed E-state index contributed by atoms with van der Waals surface area (Å²) < 4.78 is 5.60. The molecule has 0 spiro atoms. The monoisotopic (exact) mass is 387 g/mol. The van der Waals surface area contributed by atoms with Gasteiger partial charge in [-0.15, -0.1) is 0 Å². The van der Waals surface area contributed by atoms with Crippen molar-refractivity contribution < 1.29 is 9.53 Å². The van der Waals surface area contributed by atoms with Gasteiger partial charge in [-0.2, -0.15) is 0 Å². The van der Waals surface area contributed by atoms with Crippen LogP contribution in [0.1, 0.15) is 12.5 Å². The molecule has 0 unspecified atom stereocenters. The maximum absolute atomic E-state index is 12.4. The number of hydrogen-bond acceptors (Lipinski definition) is 4. The van der Waals surface area contributed by atoms with Crippen molar-refractivity contribution in [2.45, 2.75) is 13.8 Å². The van der Waals surface area contributed by atoms with E-state index in [0.717, 1.165) is 49.7 Å². The summed E-state index contributed by atoms with van der Waals surface area (Å²) in [4.78, 5) is 17.2. The van der Waals surface area contributed by atoms with E-state index < -0.39 is 0 Å². The van der Waals surface area contributed by atoms with Gasteiger partial charge in [-0.3, -0.25) is 4.79 Å². The second kappa shape index (κ2) is 9.11. The van der Waals surface area contributed by atoms with Gasteiger partial charge in [0.1, 0.15) is 5.75 Å². The van der Waals surface area contributed by atoms with Gasteiger partial charge < -0.3 is 19.9 Å². The molecule has 2 aromatic carbocycles. The van der Waals surface area contributed by atoms with Crippen LogP contribution in [0.3, 0.4) is 0 Å². The first-order valence-corrected chi connectivity index (χ1v) is 9.69. The van der Waals surface area contributed by atoms with Crippen molar-refractivity contribution in [3.8, 4) is 5.75 Å². The zero-order valence-corrected chi connectivity index (χ0v) is 16.6. The van der Waals surface area contributed by atoms with E-state index in [2.05, 4.69) is 28.1 Å². The molecule has 3 rings (SSSR count). The van der Waals surface area contributed by atoms with Crippen LogP contribution in [0, 0.1) is 6.92 Å². The Balaban J connectivity index is 1.62. The standard InChI is InChI=1S/C21H26ClN3O2/c1-3-24-10-12-25(13-11-24)19-7-5-4-6-18(19)23-21(26)15-27-20-14-16(2)8-9-17(20)22/h4-9,14H,3,10-13,15H2,1-2H3,(H,23,26). The van der Waals surface area contributed by atoms with Gasteiger partial charge in [0.25, 0.3) is 5.91 Å². The second-order valence-corrected chi connectivity index (χ2v) is 7.12. The predicted octanol–water partition coefficient (Wildman–Crippen LogP) is 3.81. The van der Waals surface area contributed by atoms with Crippen LogP contribution in [-0.2, 0) is 4.79 Å². The number of benzene rings is 2. The molecule has 1 amide bonds. The van der Waals surface area contributed by atoms with Gasteiger partial charge in [0.15, 0.2) is 6.61 Å². The Kier molecular flexibility index (Phi) is 6.58. The number of likely N-dealkylation sites (N-methyl/N-ethyl adjacent to an activating group) is 1. The number of anilines is 2. The lowest BCUT2D eigenvalue weighted by Gasteiger charge is -2.36. The largest absolute Gasteiger partial charge is 0.482 e. The Labute approximate surface area is 165 Å². The molecule has 6 heteroatoms. The maximum Gasteiger partial charge on any atom is 0.262 e. The zero-order valence-electron chi connectivity index (χ0n) is 15.9. The number of carbonyl (C=O) groups is 1. The fourth-order valence-corrected chi connectivity index (χ4v) is 3.38. The average molecular weight is 388 g/mol. The van der Waals surface area contributed by atoms with Crippen LogP contribution in [0.2, 0.25) is 5.02 Å². The molecule has 0 aliphatic carbocycles. The van der Waals surface area contributed by atoms with E-state index in [4.69, 9.17) is 16.3 Å². The minimum absolute atomic E-state index is 0.0822. The molecule has 0 radical (unpaired) electrons. The molecule has 0 bridgehead atoms. The molecule has 0 saturated carbocycles. The van der Waals surface area contributed by atoms with Crippen molar-refractivity contribution in [1.29, 1.82) is 0 Å². The molecular weight excluding hydrogens is 362 g/mol. The normalized spacial score (nSPS) is 14.9. The predicted molar refractivity (Wildman–Crippen MR) is 111 cm³/mol. The van der Waals surface area contributed by atoms with Gasteiger partial charge in [-0.25, -0.2) is 0 Å². The van der Waals surface area contributed by atoms with Gasteiger partial charge in [0.05, 0.1) is 16.4 Å². The molecule has 1 fully saturated rings. The van der Waals surface area contributed by atoms with Crippen LogP contribution in [0.15, 0.2) is 42.5 Å². The van der Waals surface area contributed by atoms with Crippen molar-refractivity contribution in [3.63, 3.8) is 0 Å². The number of nitrogens with zero attached hydrogens (tertiary/aromatic N) is 2. The number of carbonyl (C=O) groups excluding carboxylic acids is 1. The van der Waals surface area contributed by atoms with Crippen LogP contribution in [0.5, 0.6) is 5.75 Å². The summed E-state index contributed by atoms with van der Waals surface area (Å²) >= 11 is 6.12. The van der Waals surface area contributed by atoms with Gasteiger partial charge in [-0.05, 0) is 43.3 Å². The number of aryl methyl sites for hydroxylation is 1. The SMILES string of the molecule is CCN1CCN(c2ccccc2NC(=O)COc2cc(C)ccc2Cl)CC1. The number of ether oxygens (including phenoxy) is 1. The number of halogens is 1. The summed E-state index contributed by atoms with van der Waals surface area (Å²) in [6.07, 6.45) is 0. The van der Waals surface area contributed by atoms with Gasteiger partial charge in [0, 0.05) is 26.2 Å². The molecule has 1 saturated heterocycles. The Morgan fingerprint density at radius 3 is 2.63 bits per heavy atom. The van der Waals surface area contributed by atoms with E-state index >= 15 is 0 Å². The Hall–Kier alpha value is -2.24. The van der Waals surface area contributed by atoms with E-state index in [9.17, 15) is 4.79 Å². The van der Waals surface area contributed by atoms with Gasteiger partial charge >= 0.3 is 0 Å². The minimum Gasteiger partial charge on any atom is -0.482 e. The fourth-order valence-electron chi connectivity index (χ4n) is 3.21. The summed E-state index contributed by atoms with van der Waals surface area (Å²) in [7, 11) is 0. The van der Waals surface area contributed by atoms with Crippen LogP contribution < -0.4 is 15.0 Å². The second-order valence-electron chi connectivity index (χ2n) is 6.71. The molecule has 144 valence electrons. The summed E-state index contributed by atoms with van der Waals surface area (Å²) in [5, 5.41) is 3.48. The molecular formula is C21H26ClN3O2. The molecule has 0 atom stereocenters. The Bertz CT molecular complexity index is 789. The average Bonchev–Trinajstić information content (AvgIpc) is 2.69. The molecule has 1 aliphatic heterocycles. The molecule has 0 aromatic heterocycles. The summed E-state index contributed by atoms with van der Waals surface area (Å²) in [5.74, 6) is 0.322. The zero-order chi connectivity index (χ0) is 19.2. The van der Waals surface area contributed by atoms with E-state index in [1.807, 2.05) is 37.3 Å². The Morgan fingerprint density at radius 2 is 1.89 bits per heavy atom. The minimum atomic E-state index is -0.202. The number of hydrogen-bond donors (Lipinski definition) is 1. The highest BCUT2D eigenvalue weighted by atomic mass is 35.5. The first-order valence-electron chi connectivity index (χ1n) is 9.32. The van der Waals surface area contributed by atoms with Crippen molar-refractivity contribution in [2.75, 3.05) is 49.5 Å². The Morgan fingerprint density at radius 1 is 1.15 bits per heavy atom. The van der Waals surface area contributed by atoms with Crippen molar-refractivity contribution in [1.82, 2.24) is 4.90 Å². The van der Waals surface area contributed by atoms with E-state index in [0.29, 0.717) is 10.8 Å². The topological polar surface area (TPSA) is 44.8 Å². The molecule has 2 aromatic rings. The van der Waals surface area contributed by atoms with E-state index in [1.54, 1.807) is 6.07 Å². The van der Waals surface area contributed by atoms with Gasteiger partial charge in [-0.1, -0.05) is 36.7 Å². The number of para-hydroxylation sites is 2. The highest BCUT2D eigenvalue weighted by molar-refractivity contribution is 6.32. The fraction of sp³-hybridized carbons (Fsp3) is 0.381. The lowest BCUT2D eigenvalue weighted by Crippen LogP contribution is -2.46. The van der Waals surface area contributed by atoms with Crippen LogP contribution in [-0.4, -0.2) is 50.1 Å². The quantitative estimate of drug-likeness (QED) is 0.818. The van der Waals surface area contributed by atoms with Gasteiger partial charge in [0.2, 0.25) is 0 Å². The van der Waals surface area contributed by atoms with Crippen LogP contribution in [0.25, 0.3) is 0 Å². The highest BCUT2D eigenvalue weighted by Gasteiger charge is 2.19. The van der Waals surface area contributed by atoms with E-state index in [1.165, 1.54) is 0 Å². The first kappa shape index (κ1) is 19.5. The number of amides is 1. The molecule has 27 heavy (non-hydrogen) atoms. The molecule has 1 heterocycles. The lowest BCUT2D eigenvalue weighted by atomic mass is 10.2. The van der Waals surface area contributed by atoms with Crippen LogP contribution in [0.4, 0.5) is 11.4 Å². The third-order valence-corrected chi connectivity index (χ3v) is 5.10. The summed E-state index contributed by atoms with van der Waals surface area (Å²) in [5.41, 5.74) is 2.90. The summed E-state index contributed by atoms with van der Waals surface area (Å²) in [6, 6.07) is 13.4.